The number of primary amides is 1. The van der Waals surface area contributed by atoms with Gasteiger partial charge in [0, 0.05) is 6.42 Å². The molecule has 2 aromatic carbocycles. The van der Waals surface area contributed by atoms with E-state index in [2.05, 4.69) is 10.4 Å². The quantitative estimate of drug-likeness (QED) is 0.677. The van der Waals surface area contributed by atoms with Gasteiger partial charge >= 0.3 is 6.18 Å². The number of hydrazone groups is 1. The summed E-state index contributed by atoms with van der Waals surface area (Å²) >= 11 is 0. The Morgan fingerprint density at radius 2 is 1.90 bits per heavy atom. The lowest BCUT2D eigenvalue weighted by molar-refractivity contribution is -0.137. The zero-order valence-corrected chi connectivity index (χ0v) is 16.2. The number of hydrogen-bond donors (Lipinski definition) is 2. The highest BCUT2D eigenvalue weighted by Gasteiger charge is 2.36. The van der Waals surface area contributed by atoms with Gasteiger partial charge in [0.2, 0.25) is 5.91 Å². The number of alkyl halides is 3. The van der Waals surface area contributed by atoms with E-state index in [9.17, 15) is 27.2 Å². The molecule has 1 atom stereocenters. The second-order valence-electron chi connectivity index (χ2n) is 6.59. The summed E-state index contributed by atoms with van der Waals surface area (Å²) in [5, 5.41) is 7.61. The summed E-state index contributed by atoms with van der Waals surface area (Å²) in [5.74, 6) is -2.06. The number of carbonyl (C=O) groups excluding carboxylic acids is 2. The number of rotatable bonds is 6. The molecule has 7 nitrogen and oxygen atoms in total. The molecule has 2 aromatic rings. The Morgan fingerprint density at radius 3 is 2.48 bits per heavy atom. The molecule has 0 spiro atoms. The monoisotopic (exact) mass is 438 g/mol. The largest absolute Gasteiger partial charge is 0.492 e. The van der Waals surface area contributed by atoms with Crippen LogP contribution in [0.2, 0.25) is 0 Å². The molecule has 0 aliphatic carbocycles. The predicted molar refractivity (Wildman–Crippen MR) is 105 cm³/mol. The summed E-state index contributed by atoms with van der Waals surface area (Å²) in [4.78, 5) is 24.5. The van der Waals surface area contributed by atoms with Crippen LogP contribution in [0, 0.1) is 5.82 Å². The molecule has 0 saturated carbocycles. The second-order valence-corrected chi connectivity index (χ2v) is 6.59. The lowest BCUT2D eigenvalue weighted by Gasteiger charge is -2.20. The predicted octanol–water partition coefficient (Wildman–Crippen LogP) is 3.30. The van der Waals surface area contributed by atoms with Crippen LogP contribution in [0.4, 0.5) is 28.9 Å². The van der Waals surface area contributed by atoms with E-state index in [1.165, 1.54) is 17.1 Å². The van der Waals surface area contributed by atoms with Crippen LogP contribution < -0.4 is 20.8 Å². The van der Waals surface area contributed by atoms with Gasteiger partial charge in [0.1, 0.15) is 23.3 Å². The van der Waals surface area contributed by atoms with Gasteiger partial charge in [-0.05, 0) is 49.4 Å². The zero-order chi connectivity index (χ0) is 22.8. The molecule has 3 rings (SSSR count). The number of hydrogen-bond acceptors (Lipinski definition) is 5. The fourth-order valence-electron chi connectivity index (χ4n) is 2.98. The van der Waals surface area contributed by atoms with Crippen LogP contribution in [0.3, 0.4) is 0 Å². The summed E-state index contributed by atoms with van der Waals surface area (Å²) in [6.45, 7) is 1.81. The van der Waals surface area contributed by atoms with Gasteiger partial charge in [0.15, 0.2) is 0 Å². The SMILES string of the molecule is CCOc1ccc(C(F)(F)F)cc1NC(=O)C1=NN(c2ccc(F)cc2)C(C(N)=O)C1. The van der Waals surface area contributed by atoms with Crippen LogP contribution in [0.15, 0.2) is 47.6 Å². The first-order chi connectivity index (χ1) is 14.6. The third-order valence-electron chi connectivity index (χ3n) is 4.45. The van der Waals surface area contributed by atoms with Gasteiger partial charge in [-0.1, -0.05) is 0 Å². The maximum Gasteiger partial charge on any atom is 0.416 e. The van der Waals surface area contributed by atoms with E-state index >= 15 is 0 Å². The summed E-state index contributed by atoms with van der Waals surface area (Å²) in [6.07, 6.45) is -4.80. The topological polar surface area (TPSA) is 97.0 Å². The Hall–Kier alpha value is -3.63. The molecule has 2 amide bonds. The highest BCUT2D eigenvalue weighted by molar-refractivity contribution is 6.44. The number of nitrogens with one attached hydrogen (secondary N) is 1. The molecule has 1 aliphatic rings. The number of nitrogens with zero attached hydrogens (tertiary/aromatic N) is 2. The molecule has 164 valence electrons. The molecule has 0 radical (unpaired) electrons. The van der Waals surface area contributed by atoms with Gasteiger partial charge in [-0.15, -0.1) is 0 Å². The average Bonchev–Trinajstić information content (AvgIpc) is 3.15. The molecule has 1 aliphatic heterocycles. The average molecular weight is 438 g/mol. The normalized spacial score (nSPS) is 16.1. The molecule has 11 heteroatoms. The second kappa shape index (κ2) is 8.62. The van der Waals surface area contributed by atoms with Gasteiger partial charge in [-0.2, -0.15) is 18.3 Å². The lowest BCUT2D eigenvalue weighted by Crippen LogP contribution is -2.39. The van der Waals surface area contributed by atoms with E-state index < -0.39 is 35.4 Å². The molecular formula is C20H18F4N4O3. The Balaban J connectivity index is 1.89. The van der Waals surface area contributed by atoms with Crippen LogP contribution in [-0.2, 0) is 15.8 Å². The fourth-order valence-corrected chi connectivity index (χ4v) is 2.98. The summed E-state index contributed by atoms with van der Waals surface area (Å²) in [6, 6.07) is 6.70. The Labute approximate surface area is 174 Å². The minimum atomic E-state index is -4.62. The van der Waals surface area contributed by atoms with Crippen molar-refractivity contribution in [3.63, 3.8) is 0 Å². The minimum Gasteiger partial charge on any atom is -0.492 e. The number of carbonyl (C=O) groups is 2. The van der Waals surface area contributed by atoms with Crippen molar-refractivity contribution in [2.75, 3.05) is 16.9 Å². The Morgan fingerprint density at radius 1 is 1.23 bits per heavy atom. The van der Waals surface area contributed by atoms with E-state index in [-0.39, 0.29) is 30.2 Å². The summed E-state index contributed by atoms with van der Waals surface area (Å²) in [5.41, 5.74) is 4.42. The fraction of sp³-hybridized carbons (Fsp3) is 0.250. The van der Waals surface area contributed by atoms with E-state index in [1.54, 1.807) is 6.92 Å². The molecule has 1 unspecified atom stereocenters. The van der Waals surface area contributed by atoms with Crippen molar-refractivity contribution in [2.45, 2.75) is 25.6 Å². The van der Waals surface area contributed by atoms with Crippen molar-refractivity contribution >= 4 is 28.9 Å². The van der Waals surface area contributed by atoms with Crippen molar-refractivity contribution in [1.29, 1.82) is 0 Å². The van der Waals surface area contributed by atoms with Gasteiger partial charge in [0.05, 0.1) is 23.5 Å². The standard InChI is InChI=1S/C20H18F4N4O3/c1-2-31-17-8-3-11(20(22,23)24)9-14(17)26-19(30)15-10-16(18(25)29)28(27-15)13-6-4-12(21)5-7-13/h3-9,16H,2,10H2,1H3,(H2,25,29)(H,26,30). The zero-order valence-electron chi connectivity index (χ0n) is 16.2. The maximum absolute atomic E-state index is 13.2. The van der Waals surface area contributed by atoms with Crippen LogP contribution >= 0.6 is 0 Å². The first-order valence-corrected chi connectivity index (χ1v) is 9.17. The third kappa shape index (κ3) is 4.93. The van der Waals surface area contributed by atoms with Gasteiger partial charge in [-0.25, -0.2) is 4.39 Å². The highest BCUT2D eigenvalue weighted by Crippen LogP contribution is 2.35. The Kier molecular flexibility index (Phi) is 6.14. The number of anilines is 2. The molecule has 0 aromatic heterocycles. The van der Waals surface area contributed by atoms with Crippen molar-refractivity contribution in [2.24, 2.45) is 10.8 Å². The van der Waals surface area contributed by atoms with E-state index in [0.717, 1.165) is 30.3 Å². The third-order valence-corrected chi connectivity index (χ3v) is 4.45. The smallest absolute Gasteiger partial charge is 0.416 e. The van der Waals surface area contributed by atoms with Crippen molar-refractivity contribution < 1.29 is 31.9 Å². The first kappa shape index (κ1) is 22.1. The molecule has 0 bridgehead atoms. The number of nitrogens with two attached hydrogens (primary N) is 1. The molecule has 0 fully saturated rings. The summed E-state index contributed by atoms with van der Waals surface area (Å²) in [7, 11) is 0. The molecular weight excluding hydrogens is 420 g/mol. The van der Waals surface area contributed by atoms with Crippen molar-refractivity contribution in [1.82, 2.24) is 0 Å². The number of ether oxygens (including phenoxy) is 1. The maximum atomic E-state index is 13.2. The Bertz CT molecular complexity index is 1020. The number of amides is 2. The number of halogens is 4. The van der Waals surface area contributed by atoms with Crippen LogP contribution in [0.5, 0.6) is 5.75 Å². The number of benzene rings is 2. The molecule has 1 heterocycles. The van der Waals surface area contributed by atoms with E-state index in [0.29, 0.717) is 5.69 Å². The lowest BCUT2D eigenvalue weighted by atomic mass is 10.1. The molecule has 3 N–H and O–H groups in total. The highest BCUT2D eigenvalue weighted by atomic mass is 19.4. The van der Waals surface area contributed by atoms with Gasteiger partial charge in [-0.3, -0.25) is 14.6 Å². The first-order valence-electron chi connectivity index (χ1n) is 9.17. The molecule has 0 saturated heterocycles. The summed E-state index contributed by atoms with van der Waals surface area (Å²) < 4.78 is 57.7. The van der Waals surface area contributed by atoms with E-state index in [1.807, 2.05) is 0 Å². The van der Waals surface area contributed by atoms with Crippen molar-refractivity contribution in [3.8, 4) is 5.75 Å². The van der Waals surface area contributed by atoms with E-state index in [4.69, 9.17) is 10.5 Å². The molecule has 31 heavy (non-hydrogen) atoms. The van der Waals surface area contributed by atoms with Crippen LogP contribution in [0.1, 0.15) is 18.9 Å². The van der Waals surface area contributed by atoms with Crippen LogP contribution in [0.25, 0.3) is 0 Å². The van der Waals surface area contributed by atoms with Crippen molar-refractivity contribution in [3.05, 3.63) is 53.8 Å². The van der Waals surface area contributed by atoms with Gasteiger partial charge in [0.25, 0.3) is 5.91 Å². The minimum absolute atomic E-state index is 0.0456. The van der Waals surface area contributed by atoms with Gasteiger partial charge < -0.3 is 15.8 Å². The van der Waals surface area contributed by atoms with Crippen LogP contribution in [-0.4, -0.2) is 30.2 Å².